The average Bonchev–Trinajstić information content (AvgIpc) is 3.50. The Labute approximate surface area is 346 Å². The van der Waals surface area contributed by atoms with E-state index in [4.69, 9.17) is 9.72 Å². The van der Waals surface area contributed by atoms with Gasteiger partial charge in [-0.1, -0.05) is 99.6 Å². The molecule has 0 amide bonds. The van der Waals surface area contributed by atoms with E-state index < -0.39 is 28.0 Å². The van der Waals surface area contributed by atoms with Gasteiger partial charge in [0.2, 0.25) is 0 Å². The molecule has 0 fully saturated rings. The number of aliphatic hydroxyl groups excluding tert-OH is 1. The Morgan fingerprint density at radius 3 is 1.95 bits per heavy atom. The molecule has 0 saturated carbocycles. The van der Waals surface area contributed by atoms with Crippen LogP contribution in [0, 0.1) is 16.9 Å². The van der Waals surface area contributed by atoms with Crippen LogP contribution >= 0.6 is 0 Å². The Morgan fingerprint density at radius 1 is 0.719 bits per heavy atom. The summed E-state index contributed by atoms with van der Waals surface area (Å²) in [6.45, 7) is 19.3. The van der Waals surface area contributed by atoms with Crippen molar-refractivity contribution >= 4 is 27.3 Å². The molecule has 4 nitrogen and oxygen atoms in total. The van der Waals surface area contributed by atoms with Gasteiger partial charge < -0.3 is 14.8 Å². The number of carbonyl (C=O) groups is 1. The van der Waals surface area contributed by atoms with Gasteiger partial charge in [0, 0.05) is 59.8 Å². The molecule has 1 radical (unpaired) electrons. The van der Waals surface area contributed by atoms with Gasteiger partial charge >= 0.3 is 6.18 Å². The number of ketones is 1. The van der Waals surface area contributed by atoms with Gasteiger partial charge in [0.05, 0.1) is 5.56 Å². The summed E-state index contributed by atoms with van der Waals surface area (Å²) in [7, 11) is 0. The minimum Gasteiger partial charge on any atom is -0.512 e. The van der Waals surface area contributed by atoms with Crippen LogP contribution in [0.3, 0.4) is 0 Å². The maximum atomic E-state index is 14.1. The van der Waals surface area contributed by atoms with Crippen molar-refractivity contribution < 1.29 is 47.9 Å². The number of alkyl halides is 3. The summed E-state index contributed by atoms with van der Waals surface area (Å²) in [6.07, 6.45) is -1.25. The number of aromatic nitrogens is 1. The smallest absolute Gasteiger partial charge is 0.416 e. The van der Waals surface area contributed by atoms with Gasteiger partial charge in [-0.2, -0.15) is 13.2 Å². The van der Waals surface area contributed by atoms with Crippen LogP contribution in [0.4, 0.5) is 13.2 Å². The average molecular weight is 947 g/mol. The predicted molar refractivity (Wildman–Crippen MR) is 219 cm³/mol. The number of carbonyl (C=O) groups excluding carboxylic acids is 1. The van der Waals surface area contributed by atoms with Crippen LogP contribution in [0.25, 0.3) is 43.9 Å². The standard InChI is InChI=1S/C38H27F3NO.C11H20O2.Ir/c1-36(2)29-18-22(38(39,40)41)19-30-32(29)33-31(36)20-28-25-15-16-42-35(27(25)14-13-26(28)34(33)37(30,3)4)21-9-8-12-24(17-21)43-23-10-6-5-7-11-23;1-10(2,3)8(12)7-9(13)11(4,5)6;/h5-8,10-20H,1-4H3;7,12H,1-6H3;/q-1;;/b;8-7-;. The SMILES string of the molecule is CC(C)(C)C(=O)/C=C(\O)C(C)(C)C.CC1(C)c2cc(C(F)(F)F)cc3c2-c2c1cc1c(ccc4c(-c5[c-]ccc(Oc6ccccc6)c5)nccc41)c2C3(C)C.[Ir]. The molecular formula is C49H47F3IrNO3-. The van der Waals surface area contributed by atoms with Gasteiger partial charge in [0.1, 0.15) is 11.5 Å². The zero-order valence-corrected chi connectivity index (χ0v) is 36.3. The maximum Gasteiger partial charge on any atom is 0.416 e. The van der Waals surface area contributed by atoms with E-state index in [1.165, 1.54) is 18.2 Å². The van der Waals surface area contributed by atoms with Crippen LogP contribution in [-0.4, -0.2) is 15.9 Å². The molecule has 8 heteroatoms. The summed E-state index contributed by atoms with van der Waals surface area (Å²) < 4.78 is 48.3. The third-order valence-corrected chi connectivity index (χ3v) is 11.2. The molecule has 5 aromatic carbocycles. The van der Waals surface area contributed by atoms with E-state index >= 15 is 0 Å². The second kappa shape index (κ2) is 14.2. The van der Waals surface area contributed by atoms with Crippen LogP contribution in [0.2, 0.25) is 0 Å². The van der Waals surface area contributed by atoms with E-state index in [0.717, 1.165) is 71.9 Å². The molecule has 57 heavy (non-hydrogen) atoms. The second-order valence-corrected chi connectivity index (χ2v) is 18.0. The summed E-state index contributed by atoms with van der Waals surface area (Å²) in [6, 6.07) is 29.8. The number of hydrogen-bond acceptors (Lipinski definition) is 4. The normalized spacial score (nSPS) is 15.1. The summed E-state index contributed by atoms with van der Waals surface area (Å²) in [5.41, 5.74) is 4.89. The van der Waals surface area contributed by atoms with Gasteiger partial charge in [0.15, 0.2) is 5.78 Å². The maximum absolute atomic E-state index is 14.1. The third kappa shape index (κ3) is 7.32. The molecule has 297 valence electrons. The Bertz CT molecular complexity index is 2590. The fourth-order valence-corrected chi connectivity index (χ4v) is 7.92. The van der Waals surface area contributed by atoms with Gasteiger partial charge in [-0.3, -0.25) is 4.79 Å². The van der Waals surface area contributed by atoms with Crippen molar-refractivity contribution in [3.05, 3.63) is 137 Å². The number of nitrogens with zero attached hydrogens (tertiary/aromatic N) is 1. The molecule has 0 bridgehead atoms. The molecule has 2 aliphatic rings. The quantitative estimate of drug-likeness (QED) is 0.0828. The summed E-state index contributed by atoms with van der Waals surface area (Å²) in [4.78, 5) is 16.3. The number of pyridine rings is 1. The van der Waals surface area contributed by atoms with E-state index in [1.807, 2.05) is 116 Å². The molecule has 0 aliphatic heterocycles. The molecule has 0 unspecified atom stereocenters. The van der Waals surface area contributed by atoms with Crippen molar-refractivity contribution in [1.29, 1.82) is 0 Å². The molecule has 2 aliphatic carbocycles. The van der Waals surface area contributed by atoms with Crippen molar-refractivity contribution in [3.63, 3.8) is 0 Å². The Balaban J connectivity index is 0.000000340. The number of benzene rings is 5. The molecular weight excluding hydrogens is 900 g/mol. The molecule has 6 aromatic rings. The van der Waals surface area contributed by atoms with Gasteiger partial charge in [-0.25, -0.2) is 0 Å². The number of fused-ring (bicyclic) bond motifs is 4. The summed E-state index contributed by atoms with van der Waals surface area (Å²) in [5, 5.41) is 13.7. The van der Waals surface area contributed by atoms with Crippen LogP contribution in [0.5, 0.6) is 11.5 Å². The second-order valence-electron chi connectivity index (χ2n) is 18.0. The zero-order valence-electron chi connectivity index (χ0n) is 33.9. The first-order valence-corrected chi connectivity index (χ1v) is 18.9. The van der Waals surface area contributed by atoms with Crippen LogP contribution in [0.1, 0.15) is 97.1 Å². The van der Waals surface area contributed by atoms with Crippen LogP contribution in [0.15, 0.2) is 103 Å². The van der Waals surface area contributed by atoms with Gasteiger partial charge in [-0.15, -0.1) is 29.8 Å². The fraction of sp³-hybridized carbons (Fsp3) is 0.306. The number of halogens is 3. The predicted octanol–water partition coefficient (Wildman–Crippen LogP) is 13.7. The molecule has 1 N–H and O–H groups in total. The van der Waals surface area contributed by atoms with E-state index in [2.05, 4.69) is 38.1 Å². The van der Waals surface area contributed by atoms with Gasteiger partial charge in [0.25, 0.3) is 0 Å². The first kappa shape index (κ1) is 41.8. The van der Waals surface area contributed by atoms with E-state index in [9.17, 15) is 23.1 Å². The molecule has 8 rings (SSSR count). The summed E-state index contributed by atoms with van der Waals surface area (Å²) in [5.74, 6) is 1.55. The van der Waals surface area contributed by atoms with Crippen LogP contribution < -0.4 is 4.74 Å². The Morgan fingerprint density at radius 2 is 1.33 bits per heavy atom. The van der Waals surface area contributed by atoms with Crippen molar-refractivity contribution in [2.24, 2.45) is 10.8 Å². The van der Waals surface area contributed by atoms with Crippen LogP contribution in [-0.2, 0) is 41.9 Å². The number of aliphatic hydroxyl groups is 1. The van der Waals surface area contributed by atoms with Crippen molar-refractivity contribution in [3.8, 4) is 33.9 Å². The number of ether oxygens (including phenoxy) is 1. The molecule has 0 spiro atoms. The topological polar surface area (TPSA) is 59.4 Å². The van der Waals surface area contributed by atoms with Crippen molar-refractivity contribution in [1.82, 2.24) is 4.98 Å². The van der Waals surface area contributed by atoms with E-state index in [1.54, 1.807) is 0 Å². The number of rotatable bonds is 4. The van der Waals surface area contributed by atoms with Gasteiger partial charge in [-0.05, 0) is 97.0 Å². The molecule has 0 saturated heterocycles. The number of hydrogen-bond donors (Lipinski definition) is 1. The molecule has 0 atom stereocenters. The largest absolute Gasteiger partial charge is 0.512 e. The minimum absolute atomic E-state index is 0. The summed E-state index contributed by atoms with van der Waals surface area (Å²) >= 11 is 0. The minimum atomic E-state index is -4.41. The van der Waals surface area contributed by atoms with Crippen molar-refractivity contribution in [2.75, 3.05) is 0 Å². The zero-order chi connectivity index (χ0) is 40.7. The Hall–Kier alpha value is -4.78. The number of allylic oxidation sites excluding steroid dienone is 2. The van der Waals surface area contributed by atoms with E-state index in [-0.39, 0.29) is 37.1 Å². The Kier molecular flexibility index (Phi) is 10.5. The molecule has 1 heterocycles. The third-order valence-electron chi connectivity index (χ3n) is 11.2. The fourth-order valence-electron chi connectivity index (χ4n) is 7.92. The molecule has 1 aromatic heterocycles. The first-order chi connectivity index (χ1) is 26.0. The van der Waals surface area contributed by atoms with Crippen molar-refractivity contribution in [2.45, 2.75) is 86.2 Å². The number of para-hydroxylation sites is 1. The van der Waals surface area contributed by atoms with E-state index in [0.29, 0.717) is 5.75 Å². The first-order valence-electron chi connectivity index (χ1n) is 18.9. The monoisotopic (exact) mass is 947 g/mol.